The highest BCUT2D eigenvalue weighted by molar-refractivity contribution is 5.81. The van der Waals surface area contributed by atoms with Gasteiger partial charge in [0.1, 0.15) is 0 Å². The van der Waals surface area contributed by atoms with Crippen molar-refractivity contribution in [3.8, 4) is 0 Å². The average molecular weight is 229 g/mol. The lowest BCUT2D eigenvalue weighted by Gasteiger charge is -2.25. The predicted molar refractivity (Wildman–Crippen MR) is 64.2 cm³/mol. The minimum Gasteiger partial charge on any atom is -0.463 e. The fraction of sp³-hybridized carbons (Fsp3) is 0.750. The number of ether oxygens (including phenoxy) is 1. The van der Waals surface area contributed by atoms with Gasteiger partial charge in [-0.2, -0.15) is 0 Å². The van der Waals surface area contributed by atoms with Crippen LogP contribution in [0.25, 0.3) is 0 Å². The van der Waals surface area contributed by atoms with Crippen LogP contribution in [0.3, 0.4) is 0 Å². The summed E-state index contributed by atoms with van der Waals surface area (Å²) in [4.78, 5) is 10.9. The molecule has 0 rings (SSSR count). The molecule has 0 heterocycles. The van der Waals surface area contributed by atoms with E-state index in [1.807, 2.05) is 13.8 Å². The van der Waals surface area contributed by atoms with E-state index in [9.17, 15) is 9.90 Å². The molecule has 0 unspecified atom stereocenters. The van der Waals surface area contributed by atoms with Crippen molar-refractivity contribution in [3.63, 3.8) is 0 Å². The van der Waals surface area contributed by atoms with Crippen molar-refractivity contribution in [2.75, 3.05) is 19.7 Å². The summed E-state index contributed by atoms with van der Waals surface area (Å²) in [5, 5.41) is 13.0. The SMILES string of the molecule is CCOC(=O)/C=C/CNCC(O)(CC)CC. The zero-order valence-corrected chi connectivity index (χ0v) is 10.5. The second-order valence-electron chi connectivity index (χ2n) is 3.72. The lowest BCUT2D eigenvalue weighted by atomic mass is 9.98. The van der Waals surface area contributed by atoms with Gasteiger partial charge in [0.05, 0.1) is 12.2 Å². The monoisotopic (exact) mass is 229 g/mol. The van der Waals surface area contributed by atoms with Gasteiger partial charge in [-0.1, -0.05) is 19.9 Å². The average Bonchev–Trinajstić information content (AvgIpc) is 2.28. The Labute approximate surface area is 97.7 Å². The van der Waals surface area contributed by atoms with E-state index in [1.54, 1.807) is 13.0 Å². The lowest BCUT2D eigenvalue weighted by Crippen LogP contribution is -2.39. The number of hydrogen-bond donors (Lipinski definition) is 2. The lowest BCUT2D eigenvalue weighted by molar-refractivity contribution is -0.137. The zero-order valence-electron chi connectivity index (χ0n) is 10.5. The van der Waals surface area contributed by atoms with Gasteiger partial charge in [-0.25, -0.2) is 4.79 Å². The van der Waals surface area contributed by atoms with Gasteiger partial charge in [-0.15, -0.1) is 0 Å². The molecule has 4 heteroatoms. The second kappa shape index (κ2) is 8.30. The van der Waals surface area contributed by atoms with Gasteiger partial charge in [-0.3, -0.25) is 0 Å². The van der Waals surface area contributed by atoms with Crippen molar-refractivity contribution in [1.29, 1.82) is 0 Å². The first kappa shape index (κ1) is 15.1. The topological polar surface area (TPSA) is 58.6 Å². The molecule has 0 aromatic heterocycles. The molecule has 0 fully saturated rings. The molecule has 0 aliphatic rings. The quantitative estimate of drug-likeness (QED) is 0.373. The fourth-order valence-corrected chi connectivity index (χ4v) is 1.23. The molecule has 0 bridgehead atoms. The molecular weight excluding hydrogens is 206 g/mol. The van der Waals surface area contributed by atoms with Crippen LogP contribution in [0.1, 0.15) is 33.6 Å². The number of rotatable bonds is 8. The van der Waals surface area contributed by atoms with Gasteiger partial charge in [-0.05, 0) is 19.8 Å². The van der Waals surface area contributed by atoms with Crippen LogP contribution in [-0.2, 0) is 9.53 Å². The van der Waals surface area contributed by atoms with E-state index in [4.69, 9.17) is 4.74 Å². The molecule has 2 N–H and O–H groups in total. The van der Waals surface area contributed by atoms with Gasteiger partial charge in [0.15, 0.2) is 0 Å². The first-order chi connectivity index (χ1) is 7.58. The summed E-state index contributed by atoms with van der Waals surface area (Å²) in [5.74, 6) is -0.328. The molecule has 0 spiro atoms. The van der Waals surface area contributed by atoms with Crippen LogP contribution >= 0.6 is 0 Å². The molecule has 0 aromatic rings. The normalized spacial score (nSPS) is 12.0. The Morgan fingerprint density at radius 2 is 2.00 bits per heavy atom. The van der Waals surface area contributed by atoms with Crippen molar-refractivity contribution in [2.24, 2.45) is 0 Å². The van der Waals surface area contributed by atoms with Gasteiger partial charge < -0.3 is 15.2 Å². The van der Waals surface area contributed by atoms with E-state index < -0.39 is 5.60 Å². The summed E-state index contributed by atoms with van der Waals surface area (Å²) in [7, 11) is 0. The maximum absolute atomic E-state index is 10.9. The summed E-state index contributed by atoms with van der Waals surface area (Å²) in [5.41, 5.74) is -0.641. The number of hydrogen-bond acceptors (Lipinski definition) is 4. The third-order valence-electron chi connectivity index (χ3n) is 2.57. The molecule has 0 radical (unpaired) electrons. The number of carbonyl (C=O) groups is 1. The van der Waals surface area contributed by atoms with Gasteiger partial charge in [0.25, 0.3) is 0 Å². The number of nitrogens with one attached hydrogen (secondary N) is 1. The highest BCUT2D eigenvalue weighted by Gasteiger charge is 2.20. The van der Waals surface area contributed by atoms with E-state index in [0.717, 1.165) is 12.8 Å². The van der Waals surface area contributed by atoms with Gasteiger partial charge >= 0.3 is 5.97 Å². The predicted octanol–water partition coefficient (Wildman–Crippen LogP) is 1.25. The molecule has 0 amide bonds. The van der Waals surface area contributed by atoms with Gasteiger partial charge in [0, 0.05) is 19.2 Å². The van der Waals surface area contributed by atoms with Crippen LogP contribution in [-0.4, -0.2) is 36.4 Å². The highest BCUT2D eigenvalue weighted by atomic mass is 16.5. The summed E-state index contributed by atoms with van der Waals surface area (Å²) < 4.78 is 4.73. The minimum absolute atomic E-state index is 0.328. The Bertz CT molecular complexity index is 222. The van der Waals surface area contributed by atoms with Crippen LogP contribution in [0.5, 0.6) is 0 Å². The van der Waals surface area contributed by atoms with E-state index in [2.05, 4.69) is 5.32 Å². The Kier molecular flexibility index (Phi) is 7.85. The van der Waals surface area contributed by atoms with Gasteiger partial charge in [0.2, 0.25) is 0 Å². The van der Waals surface area contributed by atoms with E-state index in [-0.39, 0.29) is 5.97 Å². The molecule has 4 nitrogen and oxygen atoms in total. The summed E-state index contributed by atoms with van der Waals surface area (Å²) in [6.07, 6.45) is 4.54. The third kappa shape index (κ3) is 6.58. The van der Waals surface area contributed by atoms with Crippen molar-refractivity contribution < 1.29 is 14.6 Å². The third-order valence-corrected chi connectivity index (χ3v) is 2.57. The van der Waals surface area contributed by atoms with E-state index in [0.29, 0.717) is 19.7 Å². The Morgan fingerprint density at radius 1 is 1.38 bits per heavy atom. The second-order valence-corrected chi connectivity index (χ2v) is 3.72. The van der Waals surface area contributed by atoms with Crippen molar-refractivity contribution in [2.45, 2.75) is 39.2 Å². The smallest absolute Gasteiger partial charge is 0.330 e. The molecule has 0 atom stereocenters. The Hall–Kier alpha value is -0.870. The first-order valence-corrected chi connectivity index (χ1v) is 5.84. The minimum atomic E-state index is -0.641. The maximum Gasteiger partial charge on any atom is 0.330 e. The molecule has 0 aromatic carbocycles. The molecule has 16 heavy (non-hydrogen) atoms. The van der Waals surface area contributed by atoms with Crippen molar-refractivity contribution >= 4 is 5.97 Å². The highest BCUT2D eigenvalue weighted by Crippen LogP contribution is 2.12. The summed E-state index contributed by atoms with van der Waals surface area (Å²) in [6.45, 7) is 7.17. The van der Waals surface area contributed by atoms with Crippen molar-refractivity contribution in [3.05, 3.63) is 12.2 Å². The van der Waals surface area contributed by atoms with Crippen LogP contribution in [0.15, 0.2) is 12.2 Å². The van der Waals surface area contributed by atoms with Crippen LogP contribution < -0.4 is 5.32 Å². The molecule has 94 valence electrons. The fourth-order valence-electron chi connectivity index (χ4n) is 1.23. The molecule has 0 saturated carbocycles. The van der Waals surface area contributed by atoms with E-state index in [1.165, 1.54) is 6.08 Å². The number of carbonyl (C=O) groups excluding carboxylic acids is 1. The molecule has 0 saturated heterocycles. The Morgan fingerprint density at radius 3 is 2.50 bits per heavy atom. The maximum atomic E-state index is 10.9. The first-order valence-electron chi connectivity index (χ1n) is 5.84. The Balaban J connectivity index is 3.71. The largest absolute Gasteiger partial charge is 0.463 e. The van der Waals surface area contributed by atoms with Crippen molar-refractivity contribution in [1.82, 2.24) is 5.32 Å². The summed E-state index contributed by atoms with van der Waals surface area (Å²) >= 11 is 0. The molecular formula is C12H23NO3. The number of aliphatic hydroxyl groups is 1. The van der Waals surface area contributed by atoms with Crippen LogP contribution in [0.2, 0.25) is 0 Å². The standard InChI is InChI=1S/C12H23NO3/c1-4-12(15,5-2)10-13-9-7-8-11(14)16-6-3/h7-8,13,15H,4-6,9-10H2,1-3H3/b8-7+. The summed E-state index contributed by atoms with van der Waals surface area (Å²) in [6, 6.07) is 0. The van der Waals surface area contributed by atoms with Crippen LogP contribution in [0, 0.1) is 0 Å². The van der Waals surface area contributed by atoms with E-state index >= 15 is 0 Å². The molecule has 0 aliphatic carbocycles. The number of esters is 1. The van der Waals surface area contributed by atoms with Crippen LogP contribution in [0.4, 0.5) is 0 Å². The molecule has 0 aliphatic heterocycles. The zero-order chi connectivity index (χ0) is 12.4.